The number of hydrogen-bond donors (Lipinski definition) is 4. The number of carbonyl (C=O) groups is 2. The largest absolute Gasteiger partial charge is 0.481 e. The Morgan fingerprint density at radius 2 is 1.79 bits per heavy atom. The molecule has 0 saturated heterocycles. The van der Waals surface area contributed by atoms with Crippen LogP contribution in [-0.4, -0.2) is 22.8 Å². The number of amidine groups is 1. The molecule has 0 aromatic heterocycles. The van der Waals surface area contributed by atoms with E-state index in [0.717, 1.165) is 0 Å². The summed E-state index contributed by atoms with van der Waals surface area (Å²) in [5, 5.41) is 18.3. The van der Waals surface area contributed by atoms with Crippen LogP contribution in [0.5, 0.6) is 0 Å². The molecule has 0 spiro atoms. The molecule has 0 aliphatic rings. The molecule has 0 aliphatic carbocycles. The van der Waals surface area contributed by atoms with E-state index in [-0.39, 0.29) is 37.0 Å². The molecule has 0 atom stereocenters. The molecule has 1 aromatic rings. The van der Waals surface area contributed by atoms with E-state index in [0.29, 0.717) is 17.7 Å². The predicted octanol–water partition coefficient (Wildman–Crippen LogP) is 1.59. The fourth-order valence-corrected chi connectivity index (χ4v) is 1.36. The molecule has 6 nitrogen and oxygen atoms in total. The number of rotatable bonds is 6. The van der Waals surface area contributed by atoms with Gasteiger partial charge in [0.1, 0.15) is 5.84 Å². The van der Waals surface area contributed by atoms with Crippen LogP contribution in [0, 0.1) is 5.41 Å². The van der Waals surface area contributed by atoms with Crippen molar-refractivity contribution in [3.63, 3.8) is 0 Å². The average Bonchev–Trinajstić information content (AvgIpc) is 2.29. The summed E-state index contributed by atoms with van der Waals surface area (Å²) in [6, 6.07) is 6.56. The summed E-state index contributed by atoms with van der Waals surface area (Å²) in [5.74, 6) is -1.17. The number of carbonyl (C=O) groups excluding carboxylic acids is 1. The lowest BCUT2D eigenvalue weighted by Gasteiger charge is -2.05. The number of hydrogen-bond acceptors (Lipinski definition) is 3. The minimum Gasteiger partial charge on any atom is -0.481 e. The van der Waals surface area contributed by atoms with Gasteiger partial charge in [-0.25, -0.2) is 0 Å². The summed E-state index contributed by atoms with van der Waals surface area (Å²) in [6.07, 6.45) is 0.462. The van der Waals surface area contributed by atoms with Crippen LogP contribution in [0.1, 0.15) is 24.8 Å². The molecule has 0 aliphatic heterocycles. The number of carboxylic acid groups (broad SMARTS) is 1. The van der Waals surface area contributed by atoms with Crippen molar-refractivity contribution in [2.24, 2.45) is 5.73 Å². The summed E-state index contributed by atoms with van der Waals surface area (Å²) >= 11 is 0. The lowest BCUT2D eigenvalue weighted by Crippen LogP contribution is -2.13. The summed E-state index contributed by atoms with van der Waals surface area (Å²) in [5.41, 5.74) is 6.48. The third kappa shape index (κ3) is 6.42. The van der Waals surface area contributed by atoms with Crippen molar-refractivity contribution < 1.29 is 14.7 Å². The molecule has 0 bridgehead atoms. The third-order valence-electron chi connectivity index (χ3n) is 2.27. The van der Waals surface area contributed by atoms with Gasteiger partial charge in [-0.1, -0.05) is 0 Å². The van der Waals surface area contributed by atoms with E-state index in [9.17, 15) is 9.59 Å². The van der Waals surface area contributed by atoms with Crippen LogP contribution >= 0.6 is 12.4 Å². The van der Waals surface area contributed by atoms with E-state index in [1.165, 1.54) is 0 Å². The van der Waals surface area contributed by atoms with Gasteiger partial charge >= 0.3 is 5.97 Å². The summed E-state index contributed by atoms with van der Waals surface area (Å²) in [6.45, 7) is 0. The van der Waals surface area contributed by atoms with Crippen LogP contribution in [0.15, 0.2) is 24.3 Å². The van der Waals surface area contributed by atoms with Gasteiger partial charge in [-0.3, -0.25) is 15.0 Å². The lowest BCUT2D eigenvalue weighted by atomic mass is 10.2. The van der Waals surface area contributed by atoms with Crippen LogP contribution in [-0.2, 0) is 9.59 Å². The SMILES string of the molecule is Cl.N=C(N)c1ccc(NC(=O)CCCC(=O)O)cc1. The van der Waals surface area contributed by atoms with E-state index in [2.05, 4.69) is 5.32 Å². The van der Waals surface area contributed by atoms with E-state index in [1.54, 1.807) is 24.3 Å². The Kier molecular flexibility index (Phi) is 7.21. The Morgan fingerprint density at radius 1 is 1.21 bits per heavy atom. The smallest absolute Gasteiger partial charge is 0.303 e. The molecule has 0 radical (unpaired) electrons. The number of nitrogen functional groups attached to an aromatic ring is 1. The number of aliphatic carboxylic acids is 1. The van der Waals surface area contributed by atoms with Gasteiger partial charge in [0.25, 0.3) is 0 Å². The number of anilines is 1. The Labute approximate surface area is 116 Å². The maximum atomic E-state index is 11.4. The molecule has 1 aromatic carbocycles. The zero-order valence-electron chi connectivity index (χ0n) is 10.2. The Hall–Kier alpha value is -2.08. The average molecular weight is 286 g/mol. The number of halogens is 1. The zero-order valence-corrected chi connectivity index (χ0v) is 11.0. The molecule has 104 valence electrons. The maximum absolute atomic E-state index is 11.4. The number of carboxylic acids is 1. The maximum Gasteiger partial charge on any atom is 0.303 e. The van der Waals surface area contributed by atoms with E-state index in [4.69, 9.17) is 16.2 Å². The first-order chi connectivity index (χ1) is 8.49. The van der Waals surface area contributed by atoms with E-state index in [1.807, 2.05) is 0 Å². The number of amides is 1. The molecule has 0 saturated carbocycles. The second kappa shape index (κ2) is 8.10. The normalized spacial score (nSPS) is 9.26. The summed E-state index contributed by atoms with van der Waals surface area (Å²) in [7, 11) is 0. The van der Waals surface area contributed by atoms with Gasteiger partial charge in [-0.05, 0) is 30.7 Å². The quantitative estimate of drug-likeness (QED) is 0.469. The Balaban J connectivity index is 0.00000324. The van der Waals surface area contributed by atoms with Gasteiger partial charge in [0.15, 0.2) is 0 Å². The third-order valence-corrected chi connectivity index (χ3v) is 2.27. The summed E-state index contributed by atoms with van der Waals surface area (Å²) < 4.78 is 0. The molecular formula is C12H16ClN3O3. The van der Waals surface area contributed by atoms with Crippen LogP contribution in [0.2, 0.25) is 0 Å². The van der Waals surface area contributed by atoms with Crippen LogP contribution in [0.3, 0.4) is 0 Å². The highest BCUT2D eigenvalue weighted by atomic mass is 35.5. The highest BCUT2D eigenvalue weighted by molar-refractivity contribution is 5.96. The van der Waals surface area contributed by atoms with Crippen molar-refractivity contribution in [3.05, 3.63) is 29.8 Å². The standard InChI is InChI=1S/C12H15N3O3.ClH/c13-12(14)8-4-6-9(7-5-8)15-10(16)2-1-3-11(17)18;/h4-7H,1-3H2,(H3,13,14)(H,15,16)(H,17,18);1H. The van der Waals surface area contributed by atoms with Crippen LogP contribution in [0.25, 0.3) is 0 Å². The van der Waals surface area contributed by atoms with Gasteiger partial charge in [-0.15, -0.1) is 12.4 Å². The Bertz CT molecular complexity index is 460. The predicted molar refractivity (Wildman–Crippen MR) is 74.8 cm³/mol. The number of nitrogens with one attached hydrogen (secondary N) is 2. The first kappa shape index (κ1) is 16.9. The fraction of sp³-hybridized carbons (Fsp3) is 0.250. The van der Waals surface area contributed by atoms with Gasteiger partial charge in [0.2, 0.25) is 5.91 Å². The molecule has 19 heavy (non-hydrogen) atoms. The van der Waals surface area contributed by atoms with Crippen molar-refractivity contribution in [1.82, 2.24) is 0 Å². The summed E-state index contributed by atoms with van der Waals surface area (Å²) in [4.78, 5) is 21.7. The zero-order chi connectivity index (χ0) is 13.5. The molecule has 1 amide bonds. The van der Waals surface area contributed by atoms with Crippen LogP contribution in [0.4, 0.5) is 5.69 Å². The fourth-order valence-electron chi connectivity index (χ4n) is 1.36. The van der Waals surface area contributed by atoms with Crippen molar-refractivity contribution in [3.8, 4) is 0 Å². The second-order valence-corrected chi connectivity index (χ2v) is 3.79. The molecule has 0 unspecified atom stereocenters. The molecule has 0 heterocycles. The van der Waals surface area contributed by atoms with Crippen molar-refractivity contribution in [2.75, 3.05) is 5.32 Å². The van der Waals surface area contributed by atoms with E-state index < -0.39 is 5.97 Å². The molecule has 0 fully saturated rings. The molecule has 7 heteroatoms. The van der Waals surface area contributed by atoms with Gasteiger partial charge in [-0.2, -0.15) is 0 Å². The molecular weight excluding hydrogens is 270 g/mol. The molecule has 1 rings (SSSR count). The van der Waals surface area contributed by atoms with Crippen molar-refractivity contribution >= 4 is 35.8 Å². The molecule has 5 N–H and O–H groups in total. The first-order valence-electron chi connectivity index (χ1n) is 5.45. The number of nitrogens with two attached hydrogens (primary N) is 1. The van der Waals surface area contributed by atoms with Gasteiger partial charge < -0.3 is 16.2 Å². The van der Waals surface area contributed by atoms with Gasteiger partial charge in [0.05, 0.1) is 0 Å². The monoisotopic (exact) mass is 285 g/mol. The van der Waals surface area contributed by atoms with Gasteiger partial charge in [0, 0.05) is 24.1 Å². The van der Waals surface area contributed by atoms with Crippen molar-refractivity contribution in [2.45, 2.75) is 19.3 Å². The lowest BCUT2D eigenvalue weighted by molar-refractivity contribution is -0.137. The first-order valence-corrected chi connectivity index (χ1v) is 5.45. The number of benzene rings is 1. The topological polar surface area (TPSA) is 116 Å². The highest BCUT2D eigenvalue weighted by Crippen LogP contribution is 2.10. The minimum atomic E-state index is -0.909. The second-order valence-electron chi connectivity index (χ2n) is 3.79. The highest BCUT2D eigenvalue weighted by Gasteiger charge is 2.04. The van der Waals surface area contributed by atoms with Crippen molar-refractivity contribution in [1.29, 1.82) is 5.41 Å². The minimum absolute atomic E-state index is 0. The van der Waals surface area contributed by atoms with E-state index >= 15 is 0 Å². The van der Waals surface area contributed by atoms with Crippen LogP contribution < -0.4 is 11.1 Å². The Morgan fingerprint density at radius 3 is 2.26 bits per heavy atom.